The molecule has 1 aromatic rings. The first-order valence-corrected chi connectivity index (χ1v) is 8.14. The second kappa shape index (κ2) is 7.80. The molecule has 1 fully saturated rings. The van der Waals surface area contributed by atoms with Crippen molar-refractivity contribution in [3.63, 3.8) is 0 Å². The SMILES string of the molecule is COC(OC)c1ncc(C(C)N2CCC[C@@H](C)C2)cc1C(F)(F)F. The Labute approximate surface area is 141 Å². The van der Waals surface area contributed by atoms with Crippen LogP contribution in [0.5, 0.6) is 0 Å². The summed E-state index contributed by atoms with van der Waals surface area (Å²) in [5.74, 6) is 0.557. The second-order valence-electron chi connectivity index (χ2n) is 6.42. The minimum atomic E-state index is -4.51. The number of likely N-dealkylation sites (tertiary alicyclic amines) is 1. The fourth-order valence-corrected chi connectivity index (χ4v) is 3.24. The van der Waals surface area contributed by atoms with Crippen molar-refractivity contribution in [2.75, 3.05) is 27.3 Å². The number of ether oxygens (including phenoxy) is 2. The van der Waals surface area contributed by atoms with Crippen molar-refractivity contribution < 1.29 is 22.6 Å². The van der Waals surface area contributed by atoms with Crippen molar-refractivity contribution >= 4 is 0 Å². The van der Waals surface area contributed by atoms with Gasteiger partial charge in [-0.15, -0.1) is 0 Å². The molecule has 7 heteroatoms. The highest BCUT2D eigenvalue weighted by atomic mass is 19.4. The molecule has 0 radical (unpaired) electrons. The van der Waals surface area contributed by atoms with Gasteiger partial charge in [0.2, 0.25) is 6.29 Å². The van der Waals surface area contributed by atoms with Gasteiger partial charge in [0, 0.05) is 33.0 Å². The third-order valence-electron chi connectivity index (χ3n) is 4.62. The number of alkyl halides is 3. The standard InChI is InChI=1S/C17H25F3N2O2/c1-11-6-5-7-22(10-11)12(2)13-8-14(17(18,19)20)15(21-9-13)16(23-3)24-4/h8-9,11-12,16H,5-7,10H2,1-4H3/t11-,12?/m1/s1. The number of rotatable bonds is 5. The molecule has 1 saturated heterocycles. The molecule has 1 aromatic heterocycles. The first-order valence-electron chi connectivity index (χ1n) is 8.14. The molecule has 0 aliphatic carbocycles. The van der Waals surface area contributed by atoms with E-state index >= 15 is 0 Å². The fourth-order valence-electron chi connectivity index (χ4n) is 3.24. The van der Waals surface area contributed by atoms with E-state index in [1.807, 2.05) is 6.92 Å². The Balaban J connectivity index is 2.35. The monoisotopic (exact) mass is 346 g/mol. The average molecular weight is 346 g/mol. The zero-order valence-electron chi connectivity index (χ0n) is 14.6. The van der Waals surface area contributed by atoms with Crippen LogP contribution >= 0.6 is 0 Å². The highest BCUT2D eigenvalue weighted by Gasteiger charge is 2.37. The number of hydrogen-bond acceptors (Lipinski definition) is 4. The van der Waals surface area contributed by atoms with E-state index in [-0.39, 0.29) is 11.7 Å². The maximum Gasteiger partial charge on any atom is 0.418 e. The number of piperidine rings is 1. The summed E-state index contributed by atoms with van der Waals surface area (Å²) in [5, 5.41) is 0. The van der Waals surface area contributed by atoms with Gasteiger partial charge in [0.05, 0.1) is 5.56 Å². The lowest BCUT2D eigenvalue weighted by Crippen LogP contribution is -2.36. The van der Waals surface area contributed by atoms with Gasteiger partial charge in [-0.05, 0) is 43.9 Å². The molecule has 0 N–H and O–H groups in total. The Morgan fingerprint density at radius 1 is 1.29 bits per heavy atom. The van der Waals surface area contributed by atoms with Crippen molar-refractivity contribution in [3.8, 4) is 0 Å². The first kappa shape index (κ1) is 19.1. The molecule has 2 rings (SSSR count). The number of methoxy groups -OCH3 is 2. The van der Waals surface area contributed by atoms with Crippen LogP contribution in [0.25, 0.3) is 0 Å². The topological polar surface area (TPSA) is 34.6 Å². The maximum atomic E-state index is 13.5. The summed E-state index contributed by atoms with van der Waals surface area (Å²) < 4.78 is 50.3. The van der Waals surface area contributed by atoms with Crippen LogP contribution in [-0.4, -0.2) is 37.2 Å². The molecule has 1 aliphatic rings. The molecule has 0 bridgehead atoms. The van der Waals surface area contributed by atoms with Crippen LogP contribution in [0.1, 0.15) is 55.8 Å². The summed E-state index contributed by atoms with van der Waals surface area (Å²) in [7, 11) is 2.59. The molecular weight excluding hydrogens is 321 g/mol. The summed E-state index contributed by atoms with van der Waals surface area (Å²) in [5.41, 5.74) is -0.479. The second-order valence-corrected chi connectivity index (χ2v) is 6.42. The molecule has 0 amide bonds. The molecule has 4 nitrogen and oxygen atoms in total. The number of nitrogens with zero attached hydrogens (tertiary/aromatic N) is 2. The summed E-state index contributed by atoms with van der Waals surface area (Å²) in [6.07, 6.45) is -1.92. The van der Waals surface area contributed by atoms with Crippen molar-refractivity contribution in [1.82, 2.24) is 9.88 Å². The van der Waals surface area contributed by atoms with E-state index in [0.29, 0.717) is 11.5 Å². The van der Waals surface area contributed by atoms with Crippen LogP contribution in [0.2, 0.25) is 0 Å². The fraction of sp³-hybridized carbons (Fsp3) is 0.706. The number of aromatic nitrogens is 1. The van der Waals surface area contributed by atoms with Crippen molar-refractivity contribution in [3.05, 3.63) is 29.1 Å². The van der Waals surface area contributed by atoms with Gasteiger partial charge in [0.25, 0.3) is 0 Å². The van der Waals surface area contributed by atoms with Crippen molar-refractivity contribution in [2.45, 2.75) is 45.2 Å². The Morgan fingerprint density at radius 3 is 2.50 bits per heavy atom. The molecule has 0 aromatic carbocycles. The Morgan fingerprint density at radius 2 is 1.96 bits per heavy atom. The minimum absolute atomic E-state index is 0.112. The van der Waals surface area contributed by atoms with Gasteiger partial charge in [0.1, 0.15) is 5.69 Å². The quantitative estimate of drug-likeness (QED) is 0.749. The van der Waals surface area contributed by atoms with Crippen LogP contribution in [0.15, 0.2) is 12.3 Å². The third kappa shape index (κ3) is 4.26. The van der Waals surface area contributed by atoms with Gasteiger partial charge in [0.15, 0.2) is 0 Å². The molecular formula is C17H25F3N2O2. The predicted octanol–water partition coefficient (Wildman–Crippen LogP) is 4.18. The maximum absolute atomic E-state index is 13.5. The number of pyridine rings is 1. The zero-order valence-corrected chi connectivity index (χ0v) is 14.6. The van der Waals surface area contributed by atoms with Gasteiger partial charge in [-0.25, -0.2) is 0 Å². The lowest BCUT2D eigenvalue weighted by Gasteiger charge is -2.36. The van der Waals surface area contributed by atoms with E-state index in [1.54, 1.807) is 0 Å². The molecule has 1 aliphatic heterocycles. The molecule has 0 saturated carbocycles. The number of halogens is 3. The predicted molar refractivity (Wildman–Crippen MR) is 84.4 cm³/mol. The van der Waals surface area contributed by atoms with Gasteiger partial charge >= 0.3 is 6.18 Å². The zero-order chi connectivity index (χ0) is 17.9. The van der Waals surface area contributed by atoms with E-state index in [2.05, 4.69) is 16.8 Å². The molecule has 136 valence electrons. The highest BCUT2D eigenvalue weighted by Crippen LogP contribution is 2.37. The molecule has 1 unspecified atom stereocenters. The number of hydrogen-bond donors (Lipinski definition) is 0. The van der Waals surface area contributed by atoms with Crippen LogP contribution in [0.4, 0.5) is 13.2 Å². The Kier molecular flexibility index (Phi) is 6.22. The highest BCUT2D eigenvalue weighted by molar-refractivity contribution is 5.30. The lowest BCUT2D eigenvalue weighted by molar-refractivity contribution is -0.149. The van der Waals surface area contributed by atoms with Crippen molar-refractivity contribution in [2.24, 2.45) is 5.92 Å². The summed E-state index contributed by atoms with van der Waals surface area (Å²) >= 11 is 0. The van der Waals surface area contributed by atoms with E-state index in [0.717, 1.165) is 25.9 Å². The summed E-state index contributed by atoms with van der Waals surface area (Å²) in [4.78, 5) is 6.24. The third-order valence-corrected chi connectivity index (χ3v) is 4.62. The Bertz CT molecular complexity index is 547. The van der Waals surface area contributed by atoms with E-state index in [4.69, 9.17) is 9.47 Å². The minimum Gasteiger partial charge on any atom is -0.350 e. The summed E-state index contributed by atoms with van der Waals surface area (Å²) in [6.45, 7) is 5.89. The van der Waals surface area contributed by atoms with Gasteiger partial charge in [-0.3, -0.25) is 9.88 Å². The molecule has 2 heterocycles. The van der Waals surface area contributed by atoms with Gasteiger partial charge < -0.3 is 9.47 Å². The normalized spacial score (nSPS) is 21.2. The van der Waals surface area contributed by atoms with Gasteiger partial charge in [-0.2, -0.15) is 13.2 Å². The largest absolute Gasteiger partial charge is 0.418 e. The van der Waals surface area contributed by atoms with Crippen LogP contribution in [-0.2, 0) is 15.7 Å². The molecule has 2 atom stereocenters. The van der Waals surface area contributed by atoms with Crippen LogP contribution in [0.3, 0.4) is 0 Å². The average Bonchev–Trinajstić information content (AvgIpc) is 2.54. The molecule has 0 spiro atoms. The Hall–Kier alpha value is -1.18. The smallest absolute Gasteiger partial charge is 0.350 e. The van der Waals surface area contributed by atoms with E-state index in [9.17, 15) is 13.2 Å². The van der Waals surface area contributed by atoms with Crippen LogP contribution in [0, 0.1) is 5.92 Å². The molecule has 24 heavy (non-hydrogen) atoms. The lowest BCUT2D eigenvalue weighted by atomic mass is 9.96. The van der Waals surface area contributed by atoms with E-state index in [1.165, 1.54) is 26.5 Å². The van der Waals surface area contributed by atoms with Gasteiger partial charge in [-0.1, -0.05) is 6.92 Å². The van der Waals surface area contributed by atoms with Crippen molar-refractivity contribution in [1.29, 1.82) is 0 Å². The van der Waals surface area contributed by atoms with Crippen LogP contribution < -0.4 is 0 Å². The first-order chi connectivity index (χ1) is 11.3. The summed E-state index contributed by atoms with van der Waals surface area (Å²) in [6, 6.07) is 1.07. The van der Waals surface area contributed by atoms with E-state index < -0.39 is 18.0 Å².